The van der Waals surface area contributed by atoms with Crippen molar-refractivity contribution in [1.82, 2.24) is 5.32 Å². The molecule has 1 amide bonds. The maximum Gasteiger partial charge on any atom is 0.253 e. The molecule has 150 valence electrons. The normalized spacial score (nSPS) is 11.1. The Kier molecular flexibility index (Phi) is 6.56. The summed E-state index contributed by atoms with van der Waals surface area (Å²) in [5.74, 6) is 0.369. The van der Waals surface area contributed by atoms with Crippen LogP contribution in [0.5, 0.6) is 5.75 Å². The van der Waals surface area contributed by atoms with Crippen molar-refractivity contribution in [1.29, 1.82) is 0 Å². The van der Waals surface area contributed by atoms with Crippen LogP contribution in [0, 0.1) is 0 Å². The van der Waals surface area contributed by atoms with E-state index in [9.17, 15) is 13.2 Å². The molecule has 0 fully saturated rings. The summed E-state index contributed by atoms with van der Waals surface area (Å²) < 4.78 is 29.1. The van der Waals surface area contributed by atoms with Gasteiger partial charge < -0.3 is 10.1 Å². The number of nitrogens with one attached hydrogen (secondary N) is 1. The lowest BCUT2D eigenvalue weighted by Crippen LogP contribution is -2.23. The summed E-state index contributed by atoms with van der Waals surface area (Å²) in [5, 5.41) is 2.96. The Labute approximate surface area is 175 Å². The van der Waals surface area contributed by atoms with Gasteiger partial charge in [0.25, 0.3) is 5.91 Å². The molecule has 0 aliphatic carbocycles. The molecule has 5 nitrogen and oxygen atoms in total. The van der Waals surface area contributed by atoms with Crippen LogP contribution >= 0.6 is 11.6 Å². The second kappa shape index (κ2) is 9.11. The van der Waals surface area contributed by atoms with E-state index in [0.29, 0.717) is 6.61 Å². The number of carbonyl (C=O) groups excluding carboxylic acids is 1. The van der Waals surface area contributed by atoms with Gasteiger partial charge >= 0.3 is 0 Å². The van der Waals surface area contributed by atoms with E-state index >= 15 is 0 Å². The molecule has 1 N–H and O–H groups in total. The summed E-state index contributed by atoms with van der Waals surface area (Å²) in [6.45, 7) is 0.739. The van der Waals surface area contributed by atoms with Crippen LogP contribution in [0.25, 0.3) is 0 Å². The Morgan fingerprint density at radius 2 is 1.62 bits per heavy atom. The zero-order valence-electron chi connectivity index (χ0n) is 15.8. The minimum absolute atomic E-state index is 0.0508. The summed E-state index contributed by atoms with van der Waals surface area (Å²) >= 11 is 6.06. The Hall–Kier alpha value is -2.83. The van der Waals surface area contributed by atoms with Gasteiger partial charge in [0.15, 0.2) is 9.84 Å². The van der Waals surface area contributed by atoms with Crippen molar-refractivity contribution in [3.63, 3.8) is 0 Å². The van der Waals surface area contributed by atoms with Crippen LogP contribution in [0.1, 0.15) is 21.5 Å². The molecular weight excluding hydrogens is 410 g/mol. The SMILES string of the molecule is CS(=O)(=O)c1ccc(Cl)c(C(=O)NCc2ccc(COc3ccccc3)cc2)c1. The maximum atomic E-state index is 12.4. The average molecular weight is 430 g/mol. The minimum atomic E-state index is -3.42. The summed E-state index contributed by atoms with van der Waals surface area (Å²) in [6, 6.07) is 21.3. The quantitative estimate of drug-likeness (QED) is 0.609. The van der Waals surface area contributed by atoms with Crippen molar-refractivity contribution < 1.29 is 17.9 Å². The van der Waals surface area contributed by atoms with E-state index in [-0.39, 0.29) is 22.0 Å². The van der Waals surface area contributed by atoms with Crippen molar-refractivity contribution in [2.75, 3.05) is 6.26 Å². The Morgan fingerprint density at radius 1 is 0.966 bits per heavy atom. The van der Waals surface area contributed by atoms with Crippen molar-refractivity contribution in [2.24, 2.45) is 0 Å². The highest BCUT2D eigenvalue weighted by Gasteiger charge is 2.15. The van der Waals surface area contributed by atoms with Gasteiger partial charge in [-0.2, -0.15) is 0 Å². The van der Waals surface area contributed by atoms with E-state index in [4.69, 9.17) is 16.3 Å². The van der Waals surface area contributed by atoms with Crippen LogP contribution in [0.15, 0.2) is 77.7 Å². The molecule has 0 aliphatic rings. The van der Waals surface area contributed by atoms with Crippen LogP contribution in [0.4, 0.5) is 0 Å². The standard InChI is InChI=1S/C22H20ClNO4S/c1-29(26,27)19-11-12-21(23)20(13-19)22(25)24-14-16-7-9-17(10-8-16)15-28-18-5-3-2-4-6-18/h2-13H,14-15H2,1H3,(H,24,25). The number of sulfone groups is 1. The summed E-state index contributed by atoms with van der Waals surface area (Å²) in [7, 11) is -3.42. The second-order valence-electron chi connectivity index (χ2n) is 6.51. The lowest BCUT2D eigenvalue weighted by molar-refractivity contribution is 0.0951. The van der Waals surface area contributed by atoms with Gasteiger partial charge in [-0.1, -0.05) is 54.1 Å². The molecule has 3 aromatic rings. The van der Waals surface area contributed by atoms with E-state index in [0.717, 1.165) is 23.1 Å². The van der Waals surface area contributed by atoms with Gasteiger partial charge in [-0.15, -0.1) is 0 Å². The molecule has 0 bridgehead atoms. The fourth-order valence-electron chi connectivity index (χ4n) is 2.62. The molecule has 7 heteroatoms. The van der Waals surface area contributed by atoms with Gasteiger partial charge in [-0.05, 0) is 41.5 Å². The minimum Gasteiger partial charge on any atom is -0.489 e. The van der Waals surface area contributed by atoms with Crippen molar-refractivity contribution in [2.45, 2.75) is 18.0 Å². The van der Waals surface area contributed by atoms with E-state index < -0.39 is 15.7 Å². The third-order valence-corrected chi connectivity index (χ3v) is 5.68. The van der Waals surface area contributed by atoms with Crippen molar-refractivity contribution in [3.05, 3.63) is 94.5 Å². The fraction of sp³-hybridized carbons (Fsp3) is 0.136. The molecule has 0 atom stereocenters. The highest BCUT2D eigenvalue weighted by atomic mass is 35.5. The third-order valence-electron chi connectivity index (χ3n) is 4.24. The zero-order valence-corrected chi connectivity index (χ0v) is 17.3. The largest absolute Gasteiger partial charge is 0.489 e. The topological polar surface area (TPSA) is 72.5 Å². The van der Waals surface area contributed by atoms with E-state index in [2.05, 4.69) is 5.32 Å². The van der Waals surface area contributed by atoms with E-state index in [1.807, 2.05) is 54.6 Å². The Balaban J connectivity index is 1.59. The number of hydrogen-bond acceptors (Lipinski definition) is 4. The smallest absolute Gasteiger partial charge is 0.253 e. The lowest BCUT2D eigenvalue weighted by Gasteiger charge is -2.10. The molecular formula is C22H20ClNO4S. The molecule has 0 aliphatic heterocycles. The number of carbonyl (C=O) groups is 1. The number of para-hydroxylation sites is 1. The van der Waals surface area contributed by atoms with Gasteiger partial charge in [0.05, 0.1) is 15.5 Å². The van der Waals surface area contributed by atoms with E-state index in [1.54, 1.807) is 0 Å². The number of ether oxygens (including phenoxy) is 1. The molecule has 29 heavy (non-hydrogen) atoms. The molecule has 0 aromatic heterocycles. The maximum absolute atomic E-state index is 12.4. The first-order valence-electron chi connectivity index (χ1n) is 8.86. The van der Waals surface area contributed by atoms with Gasteiger partial charge in [0.1, 0.15) is 12.4 Å². The van der Waals surface area contributed by atoms with Crippen LogP contribution in [0.2, 0.25) is 5.02 Å². The molecule has 3 rings (SSSR count). The molecule has 0 spiro atoms. The monoisotopic (exact) mass is 429 g/mol. The number of hydrogen-bond donors (Lipinski definition) is 1. The highest BCUT2D eigenvalue weighted by Crippen LogP contribution is 2.20. The van der Waals surface area contributed by atoms with E-state index in [1.165, 1.54) is 18.2 Å². The first-order valence-corrected chi connectivity index (χ1v) is 11.1. The molecule has 0 saturated heterocycles. The lowest BCUT2D eigenvalue weighted by atomic mass is 10.1. The molecule has 0 unspecified atom stereocenters. The number of rotatable bonds is 7. The molecule has 0 heterocycles. The zero-order chi connectivity index (χ0) is 20.9. The number of halogens is 1. The van der Waals surface area contributed by atoms with Gasteiger partial charge in [-0.3, -0.25) is 4.79 Å². The third kappa shape index (κ3) is 5.82. The van der Waals surface area contributed by atoms with Crippen LogP contribution in [-0.2, 0) is 23.0 Å². The van der Waals surface area contributed by atoms with Crippen molar-refractivity contribution >= 4 is 27.3 Å². The van der Waals surface area contributed by atoms with Gasteiger partial charge in [-0.25, -0.2) is 8.42 Å². The fourth-order valence-corrected chi connectivity index (χ4v) is 3.47. The molecule has 0 radical (unpaired) electrons. The second-order valence-corrected chi connectivity index (χ2v) is 8.94. The van der Waals surface area contributed by atoms with Crippen molar-refractivity contribution in [3.8, 4) is 5.75 Å². The molecule has 3 aromatic carbocycles. The summed E-state index contributed by atoms with van der Waals surface area (Å²) in [6.07, 6.45) is 1.08. The van der Waals surface area contributed by atoms with Crippen LogP contribution < -0.4 is 10.1 Å². The summed E-state index contributed by atoms with van der Waals surface area (Å²) in [4.78, 5) is 12.5. The predicted octanol–water partition coefficient (Wildman–Crippen LogP) is 4.25. The molecule has 0 saturated carbocycles. The highest BCUT2D eigenvalue weighted by molar-refractivity contribution is 7.90. The van der Waals surface area contributed by atoms with Crippen LogP contribution in [0.3, 0.4) is 0 Å². The Morgan fingerprint density at radius 3 is 2.28 bits per heavy atom. The van der Waals surface area contributed by atoms with Crippen LogP contribution in [-0.4, -0.2) is 20.6 Å². The number of benzene rings is 3. The average Bonchev–Trinajstić information content (AvgIpc) is 2.71. The first-order chi connectivity index (χ1) is 13.8. The van der Waals surface area contributed by atoms with Gasteiger partial charge in [0, 0.05) is 12.8 Å². The first kappa shape index (κ1) is 20.9. The predicted molar refractivity (Wildman–Crippen MR) is 113 cm³/mol. The number of amides is 1. The van der Waals surface area contributed by atoms with Gasteiger partial charge in [0.2, 0.25) is 0 Å². The summed E-state index contributed by atoms with van der Waals surface area (Å²) in [5.41, 5.74) is 2.03. The Bertz CT molecular complexity index is 1100.